The van der Waals surface area contributed by atoms with E-state index in [1.165, 1.54) is 4.90 Å². The SMILES string of the molecule is Cc1cnc(-c2cnc(C(F)(F)F)nc2)cc1CNC(=O)C1CCCN1C(=O)OC(C)(C)C. The molecule has 2 amide bonds. The molecule has 1 aliphatic heterocycles. The Morgan fingerprint density at radius 3 is 2.42 bits per heavy atom. The second-order valence-electron chi connectivity index (χ2n) is 8.84. The van der Waals surface area contributed by atoms with Crippen molar-refractivity contribution in [3.63, 3.8) is 0 Å². The number of carbonyl (C=O) groups excluding carboxylic acids is 2. The Morgan fingerprint density at radius 2 is 1.82 bits per heavy atom. The first kappa shape index (κ1) is 24.4. The van der Waals surface area contributed by atoms with Crippen molar-refractivity contribution in [3.05, 3.63) is 41.6 Å². The smallest absolute Gasteiger partial charge is 0.444 e. The number of carbonyl (C=O) groups is 2. The van der Waals surface area contributed by atoms with E-state index in [0.29, 0.717) is 30.6 Å². The molecule has 2 aromatic rings. The van der Waals surface area contributed by atoms with E-state index >= 15 is 0 Å². The number of rotatable bonds is 4. The highest BCUT2D eigenvalue weighted by atomic mass is 19.4. The van der Waals surface area contributed by atoms with Gasteiger partial charge in [-0.2, -0.15) is 13.2 Å². The summed E-state index contributed by atoms with van der Waals surface area (Å²) in [4.78, 5) is 37.6. The van der Waals surface area contributed by atoms with Gasteiger partial charge < -0.3 is 10.1 Å². The lowest BCUT2D eigenvalue weighted by Crippen LogP contribution is -2.47. The van der Waals surface area contributed by atoms with Gasteiger partial charge in [0.2, 0.25) is 11.7 Å². The number of aryl methyl sites for hydroxylation is 1. The number of aromatic nitrogens is 3. The molecule has 0 aliphatic carbocycles. The maximum Gasteiger partial charge on any atom is 0.451 e. The van der Waals surface area contributed by atoms with E-state index in [1.807, 2.05) is 6.92 Å². The standard InChI is InChI=1S/C22H26F3N5O3/c1-13-9-26-16(15-11-28-19(29-12-15)22(23,24)25)8-14(13)10-27-18(31)17-6-5-7-30(17)20(32)33-21(2,3)4/h8-9,11-12,17H,5-7,10H2,1-4H3,(H,27,31). The Labute approximate surface area is 189 Å². The van der Waals surface area contributed by atoms with Gasteiger partial charge in [-0.3, -0.25) is 14.7 Å². The average Bonchev–Trinajstić information content (AvgIpc) is 3.21. The number of nitrogens with zero attached hydrogens (tertiary/aromatic N) is 4. The first-order valence-corrected chi connectivity index (χ1v) is 10.5. The number of alkyl halides is 3. The largest absolute Gasteiger partial charge is 0.451 e. The summed E-state index contributed by atoms with van der Waals surface area (Å²) in [5, 5.41) is 2.84. The van der Waals surface area contributed by atoms with E-state index < -0.39 is 29.7 Å². The highest BCUT2D eigenvalue weighted by Gasteiger charge is 2.36. The van der Waals surface area contributed by atoms with Crippen molar-refractivity contribution in [3.8, 4) is 11.3 Å². The summed E-state index contributed by atoms with van der Waals surface area (Å²) in [7, 11) is 0. The maximum absolute atomic E-state index is 12.8. The van der Waals surface area contributed by atoms with Crippen LogP contribution in [-0.2, 0) is 22.3 Å². The summed E-state index contributed by atoms with van der Waals surface area (Å²) in [6.45, 7) is 7.72. The Morgan fingerprint density at radius 1 is 1.15 bits per heavy atom. The van der Waals surface area contributed by atoms with Gasteiger partial charge in [0, 0.05) is 37.2 Å². The van der Waals surface area contributed by atoms with E-state index in [1.54, 1.807) is 33.0 Å². The van der Waals surface area contributed by atoms with Gasteiger partial charge >= 0.3 is 12.3 Å². The second-order valence-corrected chi connectivity index (χ2v) is 8.84. The zero-order valence-corrected chi connectivity index (χ0v) is 18.9. The molecular weight excluding hydrogens is 439 g/mol. The molecule has 178 valence electrons. The van der Waals surface area contributed by atoms with Gasteiger partial charge in [-0.15, -0.1) is 0 Å². The van der Waals surface area contributed by atoms with Gasteiger partial charge in [-0.25, -0.2) is 14.8 Å². The minimum atomic E-state index is -4.62. The first-order chi connectivity index (χ1) is 15.3. The average molecular weight is 465 g/mol. The fourth-order valence-electron chi connectivity index (χ4n) is 3.40. The van der Waals surface area contributed by atoms with Crippen LogP contribution in [0.5, 0.6) is 0 Å². The number of pyridine rings is 1. The van der Waals surface area contributed by atoms with Crippen molar-refractivity contribution in [1.29, 1.82) is 0 Å². The van der Waals surface area contributed by atoms with Gasteiger partial charge in [0.25, 0.3) is 0 Å². The summed E-state index contributed by atoms with van der Waals surface area (Å²) in [5.41, 5.74) is 1.57. The Hall–Kier alpha value is -3.24. The predicted molar refractivity (Wildman–Crippen MR) is 113 cm³/mol. The van der Waals surface area contributed by atoms with Gasteiger partial charge in [0.1, 0.15) is 11.6 Å². The van der Waals surface area contributed by atoms with Crippen LogP contribution in [0.25, 0.3) is 11.3 Å². The Balaban J connectivity index is 1.69. The van der Waals surface area contributed by atoms with Gasteiger partial charge in [0.15, 0.2) is 0 Å². The fraction of sp³-hybridized carbons (Fsp3) is 0.500. The van der Waals surface area contributed by atoms with Crippen LogP contribution in [-0.4, -0.2) is 50.0 Å². The van der Waals surface area contributed by atoms with Crippen molar-refractivity contribution in [2.45, 2.75) is 64.9 Å². The van der Waals surface area contributed by atoms with E-state index in [0.717, 1.165) is 23.5 Å². The van der Waals surface area contributed by atoms with E-state index in [2.05, 4.69) is 20.3 Å². The Kier molecular flexibility index (Phi) is 6.89. The minimum absolute atomic E-state index is 0.167. The molecule has 3 rings (SSSR count). The molecule has 1 fully saturated rings. The molecule has 3 heterocycles. The van der Waals surface area contributed by atoms with E-state index in [-0.39, 0.29) is 12.5 Å². The lowest BCUT2D eigenvalue weighted by molar-refractivity contribution is -0.145. The summed E-state index contributed by atoms with van der Waals surface area (Å²) in [6.07, 6.45) is -0.220. The quantitative estimate of drug-likeness (QED) is 0.736. The molecule has 0 saturated carbocycles. The summed E-state index contributed by atoms with van der Waals surface area (Å²) in [5.74, 6) is -1.52. The molecular formula is C22H26F3N5O3. The van der Waals surface area contributed by atoms with Crippen molar-refractivity contribution in [1.82, 2.24) is 25.2 Å². The van der Waals surface area contributed by atoms with Gasteiger partial charge in [-0.1, -0.05) is 0 Å². The molecule has 0 radical (unpaired) electrons. The number of hydrogen-bond donors (Lipinski definition) is 1. The molecule has 1 N–H and O–H groups in total. The monoisotopic (exact) mass is 465 g/mol. The van der Waals surface area contributed by atoms with E-state index in [4.69, 9.17) is 4.74 Å². The molecule has 1 aliphatic rings. The lowest BCUT2D eigenvalue weighted by Gasteiger charge is -2.28. The number of nitrogens with one attached hydrogen (secondary N) is 1. The molecule has 33 heavy (non-hydrogen) atoms. The van der Waals surface area contributed by atoms with Crippen LogP contribution < -0.4 is 5.32 Å². The first-order valence-electron chi connectivity index (χ1n) is 10.5. The third kappa shape index (κ3) is 6.17. The van der Waals surface area contributed by atoms with Crippen LogP contribution >= 0.6 is 0 Å². The van der Waals surface area contributed by atoms with Crippen LogP contribution in [0.15, 0.2) is 24.7 Å². The molecule has 2 aromatic heterocycles. The van der Waals surface area contributed by atoms with Gasteiger partial charge in [0.05, 0.1) is 5.69 Å². The summed E-state index contributed by atoms with van der Waals surface area (Å²) >= 11 is 0. The van der Waals surface area contributed by atoms with Crippen LogP contribution in [0.3, 0.4) is 0 Å². The topological polar surface area (TPSA) is 97.3 Å². The van der Waals surface area contributed by atoms with E-state index in [9.17, 15) is 22.8 Å². The van der Waals surface area contributed by atoms with Crippen molar-refractivity contribution in [2.24, 2.45) is 0 Å². The summed E-state index contributed by atoms with van der Waals surface area (Å²) < 4.78 is 43.5. The van der Waals surface area contributed by atoms with Crippen LogP contribution in [0.1, 0.15) is 50.6 Å². The number of hydrogen-bond acceptors (Lipinski definition) is 6. The van der Waals surface area contributed by atoms with Crippen LogP contribution in [0.2, 0.25) is 0 Å². The number of amides is 2. The fourth-order valence-corrected chi connectivity index (χ4v) is 3.40. The third-order valence-electron chi connectivity index (χ3n) is 5.05. The van der Waals surface area contributed by atoms with Crippen molar-refractivity contribution < 1.29 is 27.5 Å². The highest BCUT2D eigenvalue weighted by molar-refractivity contribution is 5.86. The summed E-state index contributed by atoms with van der Waals surface area (Å²) in [6, 6.07) is 1.05. The zero-order chi connectivity index (χ0) is 24.4. The number of ether oxygens (including phenoxy) is 1. The molecule has 0 bridgehead atoms. The van der Waals surface area contributed by atoms with Crippen molar-refractivity contribution in [2.75, 3.05) is 6.54 Å². The molecule has 0 aromatic carbocycles. The normalized spacial score (nSPS) is 16.6. The highest BCUT2D eigenvalue weighted by Crippen LogP contribution is 2.27. The predicted octanol–water partition coefficient (Wildman–Crippen LogP) is 3.88. The van der Waals surface area contributed by atoms with Crippen LogP contribution in [0, 0.1) is 6.92 Å². The third-order valence-corrected chi connectivity index (χ3v) is 5.05. The number of halogens is 3. The lowest BCUT2D eigenvalue weighted by atomic mass is 10.1. The molecule has 1 saturated heterocycles. The minimum Gasteiger partial charge on any atom is -0.444 e. The second kappa shape index (κ2) is 9.32. The van der Waals surface area contributed by atoms with Crippen molar-refractivity contribution >= 4 is 12.0 Å². The molecule has 1 atom stereocenters. The molecule has 8 nitrogen and oxygen atoms in total. The number of likely N-dealkylation sites (tertiary alicyclic amines) is 1. The maximum atomic E-state index is 12.8. The Bertz CT molecular complexity index is 1020. The molecule has 0 spiro atoms. The molecule has 11 heteroatoms. The van der Waals surface area contributed by atoms with Crippen LogP contribution in [0.4, 0.5) is 18.0 Å². The van der Waals surface area contributed by atoms with Gasteiger partial charge in [-0.05, 0) is 57.7 Å². The zero-order valence-electron chi connectivity index (χ0n) is 18.9. The molecule has 1 unspecified atom stereocenters.